The van der Waals surface area contributed by atoms with E-state index in [1.54, 1.807) is 0 Å². The maximum absolute atomic E-state index is 12.9. The Morgan fingerprint density at radius 1 is 0.727 bits per heavy atom. The molecular formula is C8H3F13O. The summed E-state index contributed by atoms with van der Waals surface area (Å²) in [7, 11) is 0. The minimum Gasteiger partial charge on any atom is -0.348 e. The summed E-state index contributed by atoms with van der Waals surface area (Å²) in [6.07, 6.45) is -27.5. The van der Waals surface area contributed by atoms with Gasteiger partial charge in [-0.15, -0.1) is 0 Å². The van der Waals surface area contributed by atoms with Gasteiger partial charge in [0, 0.05) is 0 Å². The van der Waals surface area contributed by atoms with Crippen LogP contribution in [0.5, 0.6) is 0 Å². The van der Waals surface area contributed by atoms with Gasteiger partial charge in [0.05, 0.1) is 0 Å². The molecule has 1 nitrogen and oxygen atoms in total. The van der Waals surface area contributed by atoms with Crippen LogP contribution >= 0.6 is 0 Å². The van der Waals surface area contributed by atoms with Gasteiger partial charge >= 0.3 is 30.1 Å². The van der Waals surface area contributed by atoms with Crippen LogP contribution in [0, 0.1) is 0 Å². The van der Waals surface area contributed by atoms with Crippen molar-refractivity contribution in [2.75, 3.05) is 0 Å². The lowest BCUT2D eigenvalue weighted by molar-refractivity contribution is -0.352. The molecule has 0 bridgehead atoms. The Morgan fingerprint density at radius 3 is 1.32 bits per heavy atom. The summed E-state index contributed by atoms with van der Waals surface area (Å²) < 4.78 is 164. The number of hydrogen-bond acceptors (Lipinski definition) is 1. The van der Waals surface area contributed by atoms with Gasteiger partial charge < -0.3 is 4.74 Å². The first-order valence-corrected chi connectivity index (χ1v) is 4.95. The molecule has 0 aromatic rings. The topological polar surface area (TPSA) is 9.23 Å². The third-order valence-electron chi connectivity index (χ3n) is 2.68. The van der Waals surface area contributed by atoms with Crippen LogP contribution in [0.3, 0.4) is 0 Å². The second-order valence-corrected chi connectivity index (χ2v) is 4.24. The van der Waals surface area contributed by atoms with Crippen LogP contribution in [0.2, 0.25) is 0 Å². The average molecular weight is 362 g/mol. The Balaban J connectivity index is 3.27. The van der Waals surface area contributed by atoms with Crippen molar-refractivity contribution in [2.24, 2.45) is 0 Å². The van der Waals surface area contributed by atoms with Crippen LogP contribution in [0.15, 0.2) is 0 Å². The van der Waals surface area contributed by atoms with Crippen LogP contribution in [0.4, 0.5) is 57.1 Å². The van der Waals surface area contributed by atoms with E-state index in [1.165, 1.54) is 0 Å². The molecule has 0 radical (unpaired) electrons. The quantitative estimate of drug-likeness (QED) is 0.672. The van der Waals surface area contributed by atoms with Gasteiger partial charge in [-0.05, 0) is 0 Å². The molecule has 1 aliphatic rings. The molecule has 1 fully saturated rings. The number of halogens is 13. The van der Waals surface area contributed by atoms with Crippen molar-refractivity contribution in [2.45, 2.75) is 48.5 Å². The molecule has 1 saturated carbocycles. The molecule has 0 saturated heterocycles. The summed E-state index contributed by atoms with van der Waals surface area (Å²) in [5.74, 6) is -19.1. The molecule has 132 valence electrons. The molecular weight excluding hydrogens is 359 g/mol. The zero-order valence-corrected chi connectivity index (χ0v) is 9.55. The molecule has 1 aliphatic carbocycles. The van der Waals surface area contributed by atoms with E-state index in [-0.39, 0.29) is 0 Å². The van der Waals surface area contributed by atoms with Crippen LogP contribution in [-0.4, -0.2) is 48.5 Å². The fourth-order valence-corrected chi connectivity index (χ4v) is 1.59. The van der Waals surface area contributed by atoms with Gasteiger partial charge in [-0.2, -0.15) is 52.7 Å². The highest BCUT2D eigenvalue weighted by molar-refractivity contribution is 5.15. The third kappa shape index (κ3) is 2.58. The average Bonchev–Trinajstić information content (AvgIpc) is 2.31. The van der Waals surface area contributed by atoms with Gasteiger partial charge in [-0.1, -0.05) is 0 Å². The van der Waals surface area contributed by atoms with E-state index >= 15 is 0 Å². The maximum Gasteiger partial charge on any atom is 0.423 e. The normalized spacial score (nSPS) is 30.8. The summed E-state index contributed by atoms with van der Waals surface area (Å²) in [6.45, 7) is 0. The highest BCUT2D eigenvalue weighted by Gasteiger charge is 2.87. The standard InChI is InChI=1S/C8H3F13O/c9-1-2(5(12,13)8(20,21)4(1,10)11)22-3(6(14,15)16)7(17,18)19/h1-3H/t1-,2+/m0/s1. The first-order valence-electron chi connectivity index (χ1n) is 4.95. The smallest absolute Gasteiger partial charge is 0.348 e. The molecule has 0 N–H and O–H groups in total. The molecule has 0 aromatic carbocycles. The lowest BCUT2D eigenvalue weighted by Crippen LogP contribution is -2.53. The number of alkyl halides is 13. The van der Waals surface area contributed by atoms with Crippen molar-refractivity contribution < 1.29 is 61.8 Å². The molecule has 2 atom stereocenters. The van der Waals surface area contributed by atoms with E-state index in [2.05, 4.69) is 4.74 Å². The highest BCUT2D eigenvalue weighted by atomic mass is 19.4. The molecule has 14 heteroatoms. The number of rotatable bonds is 2. The van der Waals surface area contributed by atoms with E-state index in [9.17, 15) is 57.1 Å². The summed E-state index contributed by atoms with van der Waals surface area (Å²) in [6, 6.07) is 0. The Bertz CT molecular complexity index is 407. The van der Waals surface area contributed by atoms with Gasteiger partial charge in [0.15, 0.2) is 6.10 Å². The van der Waals surface area contributed by atoms with E-state index in [0.29, 0.717) is 0 Å². The zero-order chi connectivity index (χ0) is 17.9. The second-order valence-electron chi connectivity index (χ2n) is 4.24. The molecule has 0 heterocycles. The van der Waals surface area contributed by atoms with Gasteiger partial charge in [0.2, 0.25) is 12.3 Å². The van der Waals surface area contributed by atoms with E-state index in [1.807, 2.05) is 0 Å². The molecule has 0 aromatic heterocycles. The van der Waals surface area contributed by atoms with Crippen molar-refractivity contribution in [3.8, 4) is 0 Å². The molecule has 0 unspecified atom stereocenters. The Labute approximate surface area is 112 Å². The summed E-state index contributed by atoms with van der Waals surface area (Å²) in [4.78, 5) is 0. The van der Waals surface area contributed by atoms with Crippen LogP contribution in [0.1, 0.15) is 0 Å². The Hall–Kier alpha value is -0.950. The third-order valence-corrected chi connectivity index (χ3v) is 2.68. The molecule has 0 spiro atoms. The molecule has 22 heavy (non-hydrogen) atoms. The fraction of sp³-hybridized carbons (Fsp3) is 1.00. The largest absolute Gasteiger partial charge is 0.423 e. The predicted molar refractivity (Wildman–Crippen MR) is 40.5 cm³/mol. The van der Waals surface area contributed by atoms with E-state index in [4.69, 9.17) is 0 Å². The van der Waals surface area contributed by atoms with E-state index in [0.717, 1.165) is 0 Å². The van der Waals surface area contributed by atoms with Crippen molar-refractivity contribution >= 4 is 0 Å². The van der Waals surface area contributed by atoms with Gasteiger partial charge in [-0.3, -0.25) is 0 Å². The SMILES string of the molecule is F[C@H]1[C@@H](OC(C(F)(F)F)C(F)(F)F)C(F)(F)C(F)(F)C1(F)F. The fourth-order valence-electron chi connectivity index (χ4n) is 1.59. The molecule has 0 amide bonds. The van der Waals surface area contributed by atoms with Crippen LogP contribution in [-0.2, 0) is 4.74 Å². The lowest BCUT2D eigenvalue weighted by atomic mass is 10.2. The van der Waals surface area contributed by atoms with Crippen LogP contribution < -0.4 is 0 Å². The van der Waals surface area contributed by atoms with Gasteiger partial charge in [-0.25, -0.2) is 4.39 Å². The first kappa shape index (κ1) is 19.1. The minimum atomic E-state index is -6.54. The van der Waals surface area contributed by atoms with Gasteiger partial charge in [0.25, 0.3) is 0 Å². The van der Waals surface area contributed by atoms with Crippen molar-refractivity contribution in [1.29, 1.82) is 0 Å². The zero-order valence-electron chi connectivity index (χ0n) is 9.55. The molecule has 0 aliphatic heterocycles. The monoisotopic (exact) mass is 362 g/mol. The highest BCUT2D eigenvalue weighted by Crippen LogP contribution is 2.59. The van der Waals surface area contributed by atoms with Crippen molar-refractivity contribution in [3.05, 3.63) is 0 Å². The minimum absolute atomic E-state index is 2.60. The second kappa shape index (κ2) is 4.77. The van der Waals surface area contributed by atoms with Crippen molar-refractivity contribution in [1.82, 2.24) is 0 Å². The van der Waals surface area contributed by atoms with Crippen LogP contribution in [0.25, 0.3) is 0 Å². The number of ether oxygens (including phenoxy) is 1. The van der Waals surface area contributed by atoms with E-state index < -0.39 is 48.5 Å². The molecule has 1 rings (SSSR count). The summed E-state index contributed by atoms with van der Waals surface area (Å²) in [5, 5.41) is 0. The Morgan fingerprint density at radius 2 is 1.09 bits per heavy atom. The maximum atomic E-state index is 12.9. The summed E-state index contributed by atoms with van der Waals surface area (Å²) in [5.41, 5.74) is 0. The van der Waals surface area contributed by atoms with Crippen molar-refractivity contribution in [3.63, 3.8) is 0 Å². The first-order chi connectivity index (χ1) is 9.38. The Kier molecular flexibility index (Phi) is 4.14. The lowest BCUT2D eigenvalue weighted by Gasteiger charge is -2.29. The summed E-state index contributed by atoms with van der Waals surface area (Å²) >= 11 is 0. The number of hydrogen-bond donors (Lipinski definition) is 0. The predicted octanol–water partition coefficient (Wildman–Crippen LogP) is 4.12. The van der Waals surface area contributed by atoms with Gasteiger partial charge in [0.1, 0.15) is 0 Å².